The summed E-state index contributed by atoms with van der Waals surface area (Å²) in [5, 5.41) is 3.47. The van der Waals surface area contributed by atoms with E-state index < -0.39 is 6.10 Å². The van der Waals surface area contributed by atoms with Crippen LogP contribution in [0.5, 0.6) is 5.75 Å². The molecule has 5 nitrogen and oxygen atoms in total. The van der Waals surface area contributed by atoms with Gasteiger partial charge in [-0.25, -0.2) is 4.98 Å². The molecule has 6 heteroatoms. The molecule has 0 saturated carbocycles. The van der Waals surface area contributed by atoms with Crippen LogP contribution in [0.3, 0.4) is 0 Å². The summed E-state index contributed by atoms with van der Waals surface area (Å²) in [6.45, 7) is 2.97. The zero-order valence-electron chi connectivity index (χ0n) is 15.1. The molecular formula is C21H22ClN3O2. The molecular weight excluding hydrogens is 362 g/mol. The second-order valence-corrected chi connectivity index (χ2v) is 6.65. The van der Waals surface area contributed by atoms with Crippen molar-refractivity contribution >= 4 is 17.5 Å². The number of imidazole rings is 1. The molecule has 0 spiro atoms. The average molecular weight is 384 g/mol. The molecule has 1 atom stereocenters. The summed E-state index contributed by atoms with van der Waals surface area (Å²) >= 11 is 5.93. The van der Waals surface area contributed by atoms with Crippen molar-refractivity contribution in [2.45, 2.75) is 26.0 Å². The lowest BCUT2D eigenvalue weighted by atomic mass is 10.2. The van der Waals surface area contributed by atoms with Crippen molar-refractivity contribution < 1.29 is 9.53 Å². The molecule has 2 aromatic carbocycles. The third-order valence-corrected chi connectivity index (χ3v) is 4.36. The van der Waals surface area contributed by atoms with Crippen molar-refractivity contribution in [1.29, 1.82) is 0 Å². The van der Waals surface area contributed by atoms with Crippen LogP contribution >= 0.6 is 11.6 Å². The maximum absolute atomic E-state index is 12.2. The molecule has 3 aromatic rings. The summed E-state index contributed by atoms with van der Waals surface area (Å²) in [5.41, 5.74) is 1.21. The molecule has 1 unspecified atom stereocenters. The highest BCUT2D eigenvalue weighted by Crippen LogP contribution is 2.18. The Morgan fingerprint density at radius 2 is 2.04 bits per heavy atom. The normalized spacial score (nSPS) is 11.8. The summed E-state index contributed by atoms with van der Waals surface area (Å²) in [6.07, 6.45) is 3.78. The number of halogens is 1. The molecule has 0 aliphatic carbocycles. The summed E-state index contributed by atoms with van der Waals surface area (Å²) < 4.78 is 7.72. The van der Waals surface area contributed by atoms with Crippen LogP contribution in [0.1, 0.15) is 18.3 Å². The van der Waals surface area contributed by atoms with E-state index >= 15 is 0 Å². The molecule has 0 saturated heterocycles. The Kier molecular flexibility index (Phi) is 6.49. The fourth-order valence-corrected chi connectivity index (χ4v) is 2.91. The van der Waals surface area contributed by atoms with Crippen LogP contribution in [-0.4, -0.2) is 28.1 Å². The van der Waals surface area contributed by atoms with Crippen LogP contribution in [0.4, 0.5) is 0 Å². The summed E-state index contributed by atoms with van der Waals surface area (Å²) in [7, 11) is 0. The Hall–Kier alpha value is -2.79. The van der Waals surface area contributed by atoms with Crippen LogP contribution in [0.25, 0.3) is 0 Å². The first-order chi connectivity index (χ1) is 13.1. The highest BCUT2D eigenvalue weighted by molar-refractivity contribution is 6.30. The Morgan fingerprint density at radius 3 is 2.81 bits per heavy atom. The molecule has 140 valence electrons. The van der Waals surface area contributed by atoms with Crippen molar-refractivity contribution in [2.24, 2.45) is 0 Å². The van der Waals surface area contributed by atoms with Crippen LogP contribution < -0.4 is 10.1 Å². The SMILES string of the molecule is CC(Oc1cccc(Cl)c1)C(=O)NCCc1nccn1Cc1ccccc1. The number of hydrogen-bond acceptors (Lipinski definition) is 3. The first kappa shape index (κ1) is 19.0. The van der Waals surface area contributed by atoms with E-state index in [1.54, 1.807) is 37.4 Å². The standard InChI is InChI=1S/C21H22ClN3O2/c1-16(27-19-9-5-8-18(22)14-19)21(26)24-11-10-20-23-12-13-25(20)15-17-6-3-2-4-7-17/h2-9,12-14,16H,10-11,15H2,1H3,(H,24,26). The van der Waals surface area contributed by atoms with Crippen LogP contribution in [-0.2, 0) is 17.8 Å². The zero-order chi connectivity index (χ0) is 19.1. The Labute approximate surface area is 164 Å². The van der Waals surface area contributed by atoms with Gasteiger partial charge in [0.15, 0.2) is 6.10 Å². The number of carbonyl (C=O) groups excluding carboxylic acids is 1. The minimum absolute atomic E-state index is 0.170. The molecule has 0 radical (unpaired) electrons. The molecule has 1 aromatic heterocycles. The van der Waals surface area contributed by atoms with E-state index in [9.17, 15) is 4.79 Å². The van der Waals surface area contributed by atoms with Crippen molar-refractivity contribution in [3.8, 4) is 5.75 Å². The lowest BCUT2D eigenvalue weighted by Crippen LogP contribution is -2.37. The minimum Gasteiger partial charge on any atom is -0.481 e. The topological polar surface area (TPSA) is 56.1 Å². The van der Waals surface area contributed by atoms with E-state index in [0.29, 0.717) is 23.7 Å². The lowest BCUT2D eigenvalue weighted by molar-refractivity contribution is -0.127. The molecule has 1 heterocycles. The molecule has 27 heavy (non-hydrogen) atoms. The molecule has 1 amide bonds. The molecule has 0 fully saturated rings. The lowest BCUT2D eigenvalue weighted by Gasteiger charge is -2.15. The molecule has 0 bridgehead atoms. The monoisotopic (exact) mass is 383 g/mol. The van der Waals surface area contributed by atoms with Gasteiger partial charge >= 0.3 is 0 Å². The molecule has 0 aliphatic heterocycles. The van der Waals surface area contributed by atoms with Gasteiger partial charge in [0.25, 0.3) is 5.91 Å². The van der Waals surface area contributed by atoms with E-state index in [1.807, 2.05) is 24.4 Å². The van der Waals surface area contributed by atoms with Gasteiger partial charge in [-0.15, -0.1) is 0 Å². The van der Waals surface area contributed by atoms with Gasteiger partial charge in [-0.3, -0.25) is 4.79 Å². The van der Waals surface area contributed by atoms with Gasteiger partial charge in [0, 0.05) is 36.9 Å². The van der Waals surface area contributed by atoms with E-state index in [2.05, 4.69) is 27.0 Å². The smallest absolute Gasteiger partial charge is 0.260 e. The second kappa shape index (κ2) is 9.24. The number of benzene rings is 2. The summed E-state index contributed by atoms with van der Waals surface area (Å²) in [5.74, 6) is 1.34. The number of amides is 1. The minimum atomic E-state index is -0.604. The number of ether oxygens (including phenoxy) is 1. The number of carbonyl (C=O) groups is 1. The predicted molar refractivity (Wildman–Crippen MR) is 106 cm³/mol. The number of aromatic nitrogens is 2. The Morgan fingerprint density at radius 1 is 1.22 bits per heavy atom. The maximum Gasteiger partial charge on any atom is 0.260 e. The van der Waals surface area contributed by atoms with Gasteiger partial charge < -0.3 is 14.6 Å². The molecule has 3 rings (SSSR count). The average Bonchev–Trinajstić information content (AvgIpc) is 3.09. The van der Waals surface area contributed by atoms with Crippen LogP contribution in [0, 0.1) is 0 Å². The summed E-state index contributed by atoms with van der Waals surface area (Å²) in [6, 6.07) is 17.2. The molecule has 0 aliphatic rings. The van der Waals surface area contributed by atoms with E-state index in [1.165, 1.54) is 5.56 Å². The van der Waals surface area contributed by atoms with Crippen molar-refractivity contribution in [1.82, 2.24) is 14.9 Å². The van der Waals surface area contributed by atoms with Gasteiger partial charge in [-0.2, -0.15) is 0 Å². The van der Waals surface area contributed by atoms with Gasteiger partial charge in [0.2, 0.25) is 0 Å². The van der Waals surface area contributed by atoms with Gasteiger partial charge in [-0.1, -0.05) is 48.0 Å². The van der Waals surface area contributed by atoms with Crippen LogP contribution in [0.15, 0.2) is 67.0 Å². The fraction of sp³-hybridized carbons (Fsp3) is 0.238. The summed E-state index contributed by atoms with van der Waals surface area (Å²) in [4.78, 5) is 16.6. The van der Waals surface area contributed by atoms with Crippen molar-refractivity contribution in [3.63, 3.8) is 0 Å². The third kappa shape index (κ3) is 5.59. The maximum atomic E-state index is 12.2. The van der Waals surface area contributed by atoms with Gasteiger partial charge in [0.1, 0.15) is 11.6 Å². The van der Waals surface area contributed by atoms with E-state index in [-0.39, 0.29) is 5.91 Å². The number of nitrogens with one attached hydrogen (secondary N) is 1. The zero-order valence-corrected chi connectivity index (χ0v) is 15.9. The Balaban J connectivity index is 1.48. The highest BCUT2D eigenvalue weighted by atomic mass is 35.5. The van der Waals surface area contributed by atoms with Crippen molar-refractivity contribution in [2.75, 3.05) is 6.54 Å². The number of hydrogen-bond donors (Lipinski definition) is 1. The van der Waals surface area contributed by atoms with E-state index in [4.69, 9.17) is 16.3 Å². The third-order valence-electron chi connectivity index (χ3n) is 4.12. The predicted octanol–water partition coefficient (Wildman–Crippen LogP) is 3.71. The molecule has 1 N–H and O–H groups in total. The van der Waals surface area contributed by atoms with Gasteiger partial charge in [-0.05, 0) is 30.7 Å². The first-order valence-corrected chi connectivity index (χ1v) is 9.23. The largest absolute Gasteiger partial charge is 0.481 e. The quantitative estimate of drug-likeness (QED) is 0.645. The van der Waals surface area contributed by atoms with Crippen LogP contribution in [0.2, 0.25) is 5.02 Å². The fourth-order valence-electron chi connectivity index (χ4n) is 2.73. The number of rotatable bonds is 8. The first-order valence-electron chi connectivity index (χ1n) is 8.85. The Bertz CT molecular complexity index is 880. The number of nitrogens with zero attached hydrogens (tertiary/aromatic N) is 2. The van der Waals surface area contributed by atoms with Crippen molar-refractivity contribution in [3.05, 3.63) is 83.4 Å². The van der Waals surface area contributed by atoms with E-state index in [0.717, 1.165) is 12.4 Å². The second-order valence-electron chi connectivity index (χ2n) is 6.22. The van der Waals surface area contributed by atoms with Gasteiger partial charge in [0.05, 0.1) is 0 Å². The highest BCUT2D eigenvalue weighted by Gasteiger charge is 2.14.